The number of aliphatic hydroxyl groups excluding tert-OH is 1. The van der Waals surface area contributed by atoms with Gasteiger partial charge in [-0.2, -0.15) is 0 Å². The summed E-state index contributed by atoms with van der Waals surface area (Å²) in [6.07, 6.45) is -1.89. The third-order valence-electron chi connectivity index (χ3n) is 4.61. The first-order valence-electron chi connectivity index (χ1n) is 9.89. The van der Waals surface area contributed by atoms with Crippen LogP contribution in [0.4, 0.5) is 4.79 Å². The maximum atomic E-state index is 12.7. The molecule has 2 amide bonds. The van der Waals surface area contributed by atoms with Crippen LogP contribution in [0.1, 0.15) is 23.6 Å². The quantitative estimate of drug-likeness (QED) is 0.526. The van der Waals surface area contributed by atoms with Crippen molar-refractivity contribution in [3.05, 3.63) is 71.3 Å². The third-order valence-corrected chi connectivity index (χ3v) is 4.61. The SMILES string of the molecule is COC(=O)[C@H](Cc1ccc(C)cc1)NC(=O)[C@@H](NC(=O)OCc1ccccc1)[C@@H](C)O. The molecule has 166 valence electrons. The van der Waals surface area contributed by atoms with E-state index in [0.29, 0.717) is 0 Å². The van der Waals surface area contributed by atoms with Gasteiger partial charge in [0.05, 0.1) is 13.2 Å². The molecule has 8 heteroatoms. The summed E-state index contributed by atoms with van der Waals surface area (Å²) in [6, 6.07) is 14.2. The van der Waals surface area contributed by atoms with Crippen molar-refractivity contribution in [2.75, 3.05) is 7.11 Å². The molecule has 0 unspecified atom stereocenters. The van der Waals surface area contributed by atoms with Crippen LogP contribution in [-0.4, -0.2) is 48.4 Å². The summed E-state index contributed by atoms with van der Waals surface area (Å²) in [5, 5.41) is 14.9. The molecular weight excluding hydrogens is 400 g/mol. The molecule has 0 aromatic heterocycles. The third kappa shape index (κ3) is 7.75. The lowest BCUT2D eigenvalue weighted by Gasteiger charge is -2.24. The van der Waals surface area contributed by atoms with E-state index in [1.165, 1.54) is 14.0 Å². The highest BCUT2D eigenvalue weighted by molar-refractivity contribution is 5.90. The van der Waals surface area contributed by atoms with Gasteiger partial charge in [-0.05, 0) is 25.0 Å². The zero-order chi connectivity index (χ0) is 22.8. The number of ether oxygens (including phenoxy) is 2. The first kappa shape index (κ1) is 23.9. The fourth-order valence-electron chi connectivity index (χ4n) is 2.85. The molecule has 0 bridgehead atoms. The molecule has 3 atom stereocenters. The van der Waals surface area contributed by atoms with Gasteiger partial charge in [-0.3, -0.25) is 4.79 Å². The van der Waals surface area contributed by atoms with E-state index in [4.69, 9.17) is 9.47 Å². The zero-order valence-corrected chi connectivity index (χ0v) is 17.8. The van der Waals surface area contributed by atoms with Crippen molar-refractivity contribution < 1.29 is 29.0 Å². The Kier molecular flexibility index (Phi) is 9.02. The lowest BCUT2D eigenvalue weighted by molar-refractivity contribution is -0.145. The minimum absolute atomic E-state index is 0.0129. The lowest BCUT2D eigenvalue weighted by atomic mass is 10.0. The van der Waals surface area contributed by atoms with Crippen LogP contribution in [0.25, 0.3) is 0 Å². The van der Waals surface area contributed by atoms with Crippen LogP contribution in [0.2, 0.25) is 0 Å². The molecule has 0 spiro atoms. The normalized spacial score (nSPS) is 13.4. The van der Waals surface area contributed by atoms with Gasteiger partial charge in [-0.15, -0.1) is 0 Å². The number of amides is 2. The minimum Gasteiger partial charge on any atom is -0.467 e. The van der Waals surface area contributed by atoms with E-state index in [0.717, 1.165) is 16.7 Å². The summed E-state index contributed by atoms with van der Waals surface area (Å²) >= 11 is 0. The zero-order valence-electron chi connectivity index (χ0n) is 17.8. The molecule has 0 aliphatic carbocycles. The number of aryl methyl sites for hydroxylation is 1. The highest BCUT2D eigenvalue weighted by Gasteiger charge is 2.30. The van der Waals surface area contributed by atoms with E-state index in [2.05, 4.69) is 10.6 Å². The summed E-state index contributed by atoms with van der Waals surface area (Å²) in [7, 11) is 1.22. The predicted octanol–water partition coefficient (Wildman–Crippen LogP) is 1.87. The topological polar surface area (TPSA) is 114 Å². The number of aliphatic hydroxyl groups is 1. The number of methoxy groups -OCH3 is 1. The fourth-order valence-corrected chi connectivity index (χ4v) is 2.85. The number of benzene rings is 2. The van der Waals surface area contributed by atoms with E-state index in [1.54, 1.807) is 12.1 Å². The second-order valence-electron chi connectivity index (χ2n) is 7.20. The molecule has 2 aromatic rings. The van der Waals surface area contributed by atoms with Gasteiger partial charge in [-0.25, -0.2) is 9.59 Å². The van der Waals surface area contributed by atoms with Crippen LogP contribution in [0.5, 0.6) is 0 Å². The second-order valence-corrected chi connectivity index (χ2v) is 7.20. The molecule has 0 saturated heterocycles. The Labute approximate surface area is 181 Å². The highest BCUT2D eigenvalue weighted by Crippen LogP contribution is 2.08. The number of carbonyl (C=O) groups is 3. The number of carbonyl (C=O) groups excluding carboxylic acids is 3. The predicted molar refractivity (Wildman–Crippen MR) is 114 cm³/mol. The summed E-state index contributed by atoms with van der Waals surface area (Å²) in [5.74, 6) is -1.36. The Bertz CT molecular complexity index is 867. The number of rotatable bonds is 9. The van der Waals surface area contributed by atoms with Gasteiger partial charge in [0.15, 0.2) is 0 Å². The number of hydrogen-bond acceptors (Lipinski definition) is 6. The van der Waals surface area contributed by atoms with Crippen LogP contribution >= 0.6 is 0 Å². The fraction of sp³-hybridized carbons (Fsp3) is 0.348. The van der Waals surface area contributed by atoms with Crippen molar-refractivity contribution in [3.63, 3.8) is 0 Å². The maximum Gasteiger partial charge on any atom is 0.408 e. The Balaban J connectivity index is 2.00. The van der Waals surface area contributed by atoms with Crippen molar-refractivity contribution in [1.82, 2.24) is 10.6 Å². The van der Waals surface area contributed by atoms with Crippen LogP contribution in [-0.2, 0) is 32.1 Å². The monoisotopic (exact) mass is 428 g/mol. The maximum absolute atomic E-state index is 12.7. The molecule has 0 aliphatic rings. The van der Waals surface area contributed by atoms with Crippen LogP contribution in [0, 0.1) is 6.92 Å². The van der Waals surface area contributed by atoms with Crippen molar-refractivity contribution in [1.29, 1.82) is 0 Å². The Morgan fingerprint density at radius 3 is 2.19 bits per heavy atom. The molecule has 0 radical (unpaired) electrons. The van der Waals surface area contributed by atoms with Gasteiger partial charge in [0, 0.05) is 6.42 Å². The second kappa shape index (κ2) is 11.7. The van der Waals surface area contributed by atoms with Crippen LogP contribution < -0.4 is 10.6 Å². The molecular formula is C23H28N2O6. The number of esters is 1. The van der Waals surface area contributed by atoms with Gasteiger partial charge in [0.25, 0.3) is 0 Å². The van der Waals surface area contributed by atoms with E-state index >= 15 is 0 Å². The standard InChI is InChI=1S/C23H28N2O6/c1-15-9-11-17(12-10-15)13-19(22(28)30-3)24-21(27)20(16(2)26)25-23(29)31-14-18-7-5-4-6-8-18/h4-12,16,19-20,26H,13-14H2,1-3H3,(H,24,27)(H,25,29)/t16-,19+,20+/m1/s1. The summed E-state index contributed by atoms with van der Waals surface area (Å²) in [6.45, 7) is 3.31. The van der Waals surface area contributed by atoms with E-state index in [9.17, 15) is 19.5 Å². The number of hydrogen-bond donors (Lipinski definition) is 3. The number of alkyl carbamates (subject to hydrolysis) is 1. The van der Waals surface area contributed by atoms with E-state index in [1.807, 2.05) is 49.4 Å². The molecule has 8 nitrogen and oxygen atoms in total. The first-order chi connectivity index (χ1) is 14.8. The summed E-state index contributed by atoms with van der Waals surface area (Å²) < 4.78 is 9.90. The first-order valence-corrected chi connectivity index (χ1v) is 9.89. The van der Waals surface area contributed by atoms with Crippen molar-refractivity contribution >= 4 is 18.0 Å². The van der Waals surface area contributed by atoms with Crippen LogP contribution in [0.15, 0.2) is 54.6 Å². The minimum atomic E-state index is -1.31. The molecule has 0 fully saturated rings. The molecule has 0 heterocycles. The summed E-state index contributed by atoms with van der Waals surface area (Å²) in [5.41, 5.74) is 2.67. The molecule has 2 rings (SSSR count). The molecule has 2 aromatic carbocycles. The smallest absolute Gasteiger partial charge is 0.408 e. The van der Waals surface area contributed by atoms with Crippen LogP contribution in [0.3, 0.4) is 0 Å². The molecule has 31 heavy (non-hydrogen) atoms. The Hall–Kier alpha value is -3.39. The average Bonchev–Trinajstić information content (AvgIpc) is 2.76. The van der Waals surface area contributed by atoms with E-state index < -0.39 is 36.2 Å². The summed E-state index contributed by atoms with van der Waals surface area (Å²) in [4.78, 5) is 37.0. The largest absolute Gasteiger partial charge is 0.467 e. The molecule has 0 saturated carbocycles. The Morgan fingerprint density at radius 2 is 1.61 bits per heavy atom. The van der Waals surface area contributed by atoms with Gasteiger partial charge >= 0.3 is 12.1 Å². The van der Waals surface area contributed by atoms with Gasteiger partial charge < -0.3 is 25.2 Å². The number of nitrogens with one attached hydrogen (secondary N) is 2. The van der Waals surface area contributed by atoms with Crippen molar-refractivity contribution in [2.45, 2.75) is 45.1 Å². The van der Waals surface area contributed by atoms with Crippen molar-refractivity contribution in [2.24, 2.45) is 0 Å². The van der Waals surface area contributed by atoms with E-state index in [-0.39, 0.29) is 13.0 Å². The van der Waals surface area contributed by atoms with Crippen molar-refractivity contribution in [3.8, 4) is 0 Å². The van der Waals surface area contributed by atoms with Gasteiger partial charge in [-0.1, -0.05) is 60.2 Å². The average molecular weight is 428 g/mol. The highest BCUT2D eigenvalue weighted by atomic mass is 16.5. The van der Waals surface area contributed by atoms with Gasteiger partial charge in [0.2, 0.25) is 5.91 Å². The van der Waals surface area contributed by atoms with Gasteiger partial charge in [0.1, 0.15) is 18.7 Å². The molecule has 0 aliphatic heterocycles. The lowest BCUT2D eigenvalue weighted by Crippen LogP contribution is -2.56. The Morgan fingerprint density at radius 1 is 0.968 bits per heavy atom. The molecule has 3 N–H and O–H groups in total.